The predicted molar refractivity (Wildman–Crippen MR) is 163 cm³/mol. The van der Waals surface area contributed by atoms with Gasteiger partial charge in [0.15, 0.2) is 0 Å². The monoisotopic (exact) mass is 534 g/mol. The SMILES string of the molecule is N#Cc1ccc(-c2nc3ccc4c(-c5ccc(C#N)cc5)nc5ccccc5c4c3nc2-c2ccc(C#N)cc2)cc1. The molecular weight excluding hydrogens is 516 g/mol. The van der Waals surface area contributed by atoms with E-state index in [2.05, 4.69) is 18.2 Å². The summed E-state index contributed by atoms with van der Waals surface area (Å²) in [5.74, 6) is 0. The van der Waals surface area contributed by atoms with Gasteiger partial charge in [0.2, 0.25) is 0 Å². The van der Waals surface area contributed by atoms with Crippen LogP contribution in [0, 0.1) is 34.0 Å². The van der Waals surface area contributed by atoms with Crippen LogP contribution in [0.5, 0.6) is 0 Å². The Hall–Kier alpha value is -6.42. The molecule has 0 aliphatic heterocycles. The van der Waals surface area contributed by atoms with Crippen molar-refractivity contribution in [3.63, 3.8) is 0 Å². The zero-order valence-electron chi connectivity index (χ0n) is 22.1. The van der Waals surface area contributed by atoms with E-state index in [0.717, 1.165) is 55.1 Å². The highest BCUT2D eigenvalue weighted by atomic mass is 14.8. The minimum atomic E-state index is 0.557. The standard InChI is InChI=1S/C36H18N6/c37-19-22-5-11-25(12-6-22)33-29-17-18-31-36(32(29)28-3-1-2-4-30(28)40-33)42-35(27-15-9-24(21-39)10-16-27)34(41-31)26-13-7-23(20-38)8-14-26/h1-18H. The molecule has 5 aromatic carbocycles. The fraction of sp³-hybridized carbons (Fsp3) is 0. The quantitative estimate of drug-likeness (QED) is 0.213. The molecule has 7 rings (SSSR count). The van der Waals surface area contributed by atoms with Gasteiger partial charge in [0.25, 0.3) is 0 Å². The number of fused-ring (bicyclic) bond motifs is 5. The number of pyridine rings is 1. The van der Waals surface area contributed by atoms with Crippen molar-refractivity contribution in [2.75, 3.05) is 0 Å². The highest BCUT2D eigenvalue weighted by Crippen LogP contribution is 2.39. The molecule has 42 heavy (non-hydrogen) atoms. The molecule has 2 aromatic heterocycles. The van der Waals surface area contributed by atoms with Gasteiger partial charge in [0.05, 0.1) is 68.5 Å². The first-order valence-corrected chi connectivity index (χ1v) is 13.2. The van der Waals surface area contributed by atoms with E-state index in [4.69, 9.17) is 15.0 Å². The van der Waals surface area contributed by atoms with Crippen LogP contribution in [-0.2, 0) is 0 Å². The Morgan fingerprint density at radius 1 is 0.405 bits per heavy atom. The minimum absolute atomic E-state index is 0.557. The van der Waals surface area contributed by atoms with E-state index in [1.807, 2.05) is 72.8 Å². The van der Waals surface area contributed by atoms with E-state index in [1.165, 1.54) is 0 Å². The Kier molecular flexibility index (Phi) is 5.83. The van der Waals surface area contributed by atoms with E-state index >= 15 is 0 Å². The van der Waals surface area contributed by atoms with Crippen LogP contribution in [0.1, 0.15) is 16.7 Å². The summed E-state index contributed by atoms with van der Waals surface area (Å²) in [5, 5.41) is 30.8. The van der Waals surface area contributed by atoms with Crippen molar-refractivity contribution in [1.82, 2.24) is 15.0 Å². The molecule has 2 heterocycles. The van der Waals surface area contributed by atoms with Crippen LogP contribution in [-0.4, -0.2) is 15.0 Å². The number of hydrogen-bond donors (Lipinski definition) is 0. The van der Waals surface area contributed by atoms with Crippen LogP contribution in [0.25, 0.3) is 66.5 Å². The lowest BCUT2D eigenvalue weighted by molar-refractivity contribution is 1.30. The molecule has 0 unspecified atom stereocenters. The number of nitriles is 3. The molecule has 0 fully saturated rings. The molecule has 0 aliphatic carbocycles. The third-order valence-corrected chi connectivity index (χ3v) is 7.36. The lowest BCUT2D eigenvalue weighted by atomic mass is 9.97. The van der Waals surface area contributed by atoms with Crippen molar-refractivity contribution in [1.29, 1.82) is 15.8 Å². The molecule has 192 valence electrons. The molecule has 0 atom stereocenters. The van der Waals surface area contributed by atoms with Gasteiger partial charge in [-0.15, -0.1) is 0 Å². The zero-order valence-corrected chi connectivity index (χ0v) is 22.1. The van der Waals surface area contributed by atoms with Crippen molar-refractivity contribution in [3.8, 4) is 52.0 Å². The van der Waals surface area contributed by atoms with Gasteiger partial charge in [-0.2, -0.15) is 15.8 Å². The first-order valence-electron chi connectivity index (χ1n) is 13.2. The van der Waals surface area contributed by atoms with Crippen LogP contribution in [0.3, 0.4) is 0 Å². The summed E-state index contributed by atoms with van der Waals surface area (Å²) in [5.41, 5.74) is 8.70. The third-order valence-electron chi connectivity index (χ3n) is 7.36. The Labute approximate surface area is 241 Å². The molecule has 6 heteroatoms. The fourth-order valence-electron chi connectivity index (χ4n) is 5.29. The molecule has 0 saturated carbocycles. The maximum absolute atomic E-state index is 9.36. The van der Waals surface area contributed by atoms with Gasteiger partial charge in [-0.3, -0.25) is 0 Å². The molecule has 0 amide bonds. The zero-order chi connectivity index (χ0) is 28.6. The third kappa shape index (κ3) is 4.07. The Balaban J connectivity index is 1.58. The number of para-hydroxylation sites is 1. The van der Waals surface area contributed by atoms with Gasteiger partial charge in [-0.25, -0.2) is 15.0 Å². The van der Waals surface area contributed by atoms with Crippen molar-refractivity contribution in [3.05, 3.63) is 126 Å². The molecule has 6 nitrogen and oxygen atoms in total. The highest BCUT2D eigenvalue weighted by molar-refractivity contribution is 6.21. The average molecular weight is 535 g/mol. The highest BCUT2D eigenvalue weighted by Gasteiger charge is 2.19. The van der Waals surface area contributed by atoms with E-state index in [9.17, 15) is 15.8 Å². The fourth-order valence-corrected chi connectivity index (χ4v) is 5.29. The summed E-state index contributed by atoms with van der Waals surface area (Å²) in [6, 6.07) is 40.5. The molecule has 0 N–H and O–H groups in total. The number of nitrogens with zero attached hydrogens (tertiary/aromatic N) is 6. The molecule has 7 aromatic rings. The minimum Gasteiger partial charge on any atom is -0.247 e. The Bertz CT molecular complexity index is 2300. The van der Waals surface area contributed by atoms with Crippen molar-refractivity contribution >= 4 is 32.7 Å². The second kappa shape index (κ2) is 9.96. The topological polar surface area (TPSA) is 110 Å². The smallest absolute Gasteiger partial charge is 0.0991 e. The summed E-state index contributed by atoms with van der Waals surface area (Å²) in [7, 11) is 0. The first kappa shape index (κ1) is 24.6. The number of rotatable bonds is 3. The number of hydrogen-bond acceptors (Lipinski definition) is 6. The van der Waals surface area contributed by atoms with Crippen LogP contribution in [0.15, 0.2) is 109 Å². The Morgan fingerprint density at radius 3 is 1.43 bits per heavy atom. The van der Waals surface area contributed by atoms with Gasteiger partial charge in [-0.1, -0.05) is 54.6 Å². The van der Waals surface area contributed by atoms with E-state index < -0.39 is 0 Å². The second-order valence-electron chi connectivity index (χ2n) is 9.82. The lowest BCUT2D eigenvalue weighted by Crippen LogP contribution is -1.98. The number of aromatic nitrogens is 3. The van der Waals surface area contributed by atoms with Gasteiger partial charge < -0.3 is 0 Å². The summed E-state index contributed by atoms with van der Waals surface area (Å²) in [6.07, 6.45) is 0. The summed E-state index contributed by atoms with van der Waals surface area (Å²) in [6.45, 7) is 0. The summed E-state index contributed by atoms with van der Waals surface area (Å²) >= 11 is 0. The maximum atomic E-state index is 9.36. The summed E-state index contributed by atoms with van der Waals surface area (Å²) < 4.78 is 0. The molecular formula is C36H18N6. The first-order chi connectivity index (χ1) is 20.7. The van der Waals surface area contributed by atoms with Crippen molar-refractivity contribution in [2.24, 2.45) is 0 Å². The average Bonchev–Trinajstić information content (AvgIpc) is 3.07. The molecule has 0 radical (unpaired) electrons. The molecule has 0 saturated heterocycles. The molecule has 0 spiro atoms. The molecule has 0 bridgehead atoms. The van der Waals surface area contributed by atoms with Crippen LogP contribution < -0.4 is 0 Å². The normalized spacial score (nSPS) is 10.8. The molecule has 0 aliphatic rings. The van der Waals surface area contributed by atoms with Crippen LogP contribution in [0.4, 0.5) is 0 Å². The van der Waals surface area contributed by atoms with Gasteiger partial charge in [0.1, 0.15) is 0 Å². The van der Waals surface area contributed by atoms with Crippen LogP contribution >= 0.6 is 0 Å². The summed E-state index contributed by atoms with van der Waals surface area (Å²) in [4.78, 5) is 15.4. The van der Waals surface area contributed by atoms with Gasteiger partial charge in [-0.05, 0) is 54.6 Å². The van der Waals surface area contributed by atoms with Gasteiger partial charge in [0, 0.05) is 32.8 Å². The maximum Gasteiger partial charge on any atom is 0.0991 e. The van der Waals surface area contributed by atoms with Crippen molar-refractivity contribution < 1.29 is 0 Å². The second-order valence-corrected chi connectivity index (χ2v) is 9.82. The predicted octanol–water partition coefficient (Wildman–Crippen LogP) is 7.95. The van der Waals surface area contributed by atoms with E-state index in [1.54, 1.807) is 36.4 Å². The van der Waals surface area contributed by atoms with E-state index in [0.29, 0.717) is 28.1 Å². The van der Waals surface area contributed by atoms with Gasteiger partial charge >= 0.3 is 0 Å². The van der Waals surface area contributed by atoms with E-state index in [-0.39, 0.29) is 0 Å². The van der Waals surface area contributed by atoms with Crippen molar-refractivity contribution in [2.45, 2.75) is 0 Å². The van der Waals surface area contributed by atoms with Crippen LogP contribution in [0.2, 0.25) is 0 Å². The lowest BCUT2D eigenvalue weighted by Gasteiger charge is -2.15. The Morgan fingerprint density at radius 2 is 0.881 bits per heavy atom. The number of benzene rings is 5. The largest absolute Gasteiger partial charge is 0.247 e.